The van der Waals surface area contributed by atoms with Crippen LogP contribution in [0.4, 0.5) is 0 Å². The van der Waals surface area contributed by atoms with E-state index in [1.807, 2.05) is 18.3 Å². The lowest BCUT2D eigenvalue weighted by molar-refractivity contribution is 0.367. The van der Waals surface area contributed by atoms with E-state index in [0.717, 1.165) is 10.8 Å². The standard InChI is InChI=1S/C23H26N4S/c1-14-9-8-11-20(16(14)3)27-15(2)13-18(17(27)4)22-21(25-23(28)26(22)5)19-10-6-7-12-24-19/h6-13,21-22H,1-5H3,(H,25,28). The van der Waals surface area contributed by atoms with Gasteiger partial charge in [0.2, 0.25) is 0 Å². The Kier molecular flexibility index (Phi) is 4.71. The van der Waals surface area contributed by atoms with Crippen LogP contribution in [0.2, 0.25) is 0 Å². The van der Waals surface area contributed by atoms with Crippen molar-refractivity contribution in [1.82, 2.24) is 19.8 Å². The summed E-state index contributed by atoms with van der Waals surface area (Å²) in [6.07, 6.45) is 1.84. The van der Waals surface area contributed by atoms with Crippen LogP contribution >= 0.6 is 12.2 Å². The van der Waals surface area contributed by atoms with E-state index in [1.54, 1.807) is 0 Å². The Hall–Kier alpha value is -2.66. The van der Waals surface area contributed by atoms with Gasteiger partial charge in [-0.3, -0.25) is 4.98 Å². The zero-order valence-electron chi connectivity index (χ0n) is 17.0. The number of aromatic nitrogens is 2. The van der Waals surface area contributed by atoms with Gasteiger partial charge in [0.15, 0.2) is 5.11 Å². The van der Waals surface area contributed by atoms with Crippen molar-refractivity contribution >= 4 is 17.3 Å². The first-order chi connectivity index (χ1) is 13.4. The first-order valence-corrected chi connectivity index (χ1v) is 10.0. The topological polar surface area (TPSA) is 33.1 Å². The number of nitrogens with zero attached hydrogens (tertiary/aromatic N) is 3. The van der Waals surface area contributed by atoms with Crippen molar-refractivity contribution in [3.63, 3.8) is 0 Å². The third-order valence-corrected chi connectivity index (χ3v) is 6.35. The lowest BCUT2D eigenvalue weighted by Gasteiger charge is -2.24. The van der Waals surface area contributed by atoms with Crippen LogP contribution in [-0.4, -0.2) is 26.6 Å². The minimum Gasteiger partial charge on any atom is -0.352 e. The summed E-state index contributed by atoms with van der Waals surface area (Å²) in [4.78, 5) is 6.75. The highest BCUT2D eigenvalue weighted by atomic mass is 32.1. The molecule has 28 heavy (non-hydrogen) atoms. The van der Waals surface area contributed by atoms with Gasteiger partial charge in [-0.2, -0.15) is 0 Å². The molecule has 0 spiro atoms. The number of pyridine rings is 1. The van der Waals surface area contributed by atoms with Crippen molar-refractivity contribution in [2.45, 2.75) is 39.8 Å². The van der Waals surface area contributed by atoms with Gasteiger partial charge in [0.1, 0.15) is 0 Å². The van der Waals surface area contributed by atoms with Crippen molar-refractivity contribution < 1.29 is 0 Å². The van der Waals surface area contributed by atoms with Gasteiger partial charge in [-0.05, 0) is 80.9 Å². The highest BCUT2D eigenvalue weighted by Gasteiger charge is 2.39. The van der Waals surface area contributed by atoms with Crippen molar-refractivity contribution in [3.05, 3.63) is 82.4 Å². The van der Waals surface area contributed by atoms with Gasteiger partial charge >= 0.3 is 0 Å². The molecular formula is C23H26N4S. The molecule has 0 saturated carbocycles. The van der Waals surface area contributed by atoms with Gasteiger partial charge in [0.05, 0.1) is 17.8 Å². The molecule has 0 bridgehead atoms. The van der Waals surface area contributed by atoms with Crippen LogP contribution in [-0.2, 0) is 0 Å². The SMILES string of the molecule is Cc1cccc(-n2c(C)cc(C3C(c4ccccn4)NC(=S)N3C)c2C)c1C. The maximum atomic E-state index is 5.59. The molecule has 0 aliphatic carbocycles. The van der Waals surface area contributed by atoms with E-state index in [9.17, 15) is 0 Å². The highest BCUT2D eigenvalue weighted by Crippen LogP contribution is 2.40. The Morgan fingerprint density at radius 3 is 2.54 bits per heavy atom. The van der Waals surface area contributed by atoms with Gasteiger partial charge in [-0.25, -0.2) is 0 Å². The zero-order chi connectivity index (χ0) is 20.0. The first-order valence-electron chi connectivity index (χ1n) is 9.60. The second kappa shape index (κ2) is 7.06. The summed E-state index contributed by atoms with van der Waals surface area (Å²) in [6.45, 7) is 8.74. The number of hydrogen-bond donors (Lipinski definition) is 1. The van der Waals surface area contributed by atoms with Crippen molar-refractivity contribution in [3.8, 4) is 5.69 Å². The third-order valence-electron chi connectivity index (χ3n) is 5.94. The van der Waals surface area contributed by atoms with Crippen molar-refractivity contribution in [1.29, 1.82) is 0 Å². The third kappa shape index (κ3) is 2.90. The van der Waals surface area contributed by atoms with E-state index in [-0.39, 0.29) is 12.1 Å². The summed E-state index contributed by atoms with van der Waals surface area (Å²) in [7, 11) is 2.06. The van der Waals surface area contributed by atoms with Crippen LogP contribution in [0.1, 0.15) is 45.9 Å². The smallest absolute Gasteiger partial charge is 0.169 e. The largest absolute Gasteiger partial charge is 0.352 e. The molecule has 4 nitrogen and oxygen atoms in total. The van der Waals surface area contributed by atoms with E-state index in [2.05, 4.69) is 84.8 Å². The van der Waals surface area contributed by atoms with Crippen molar-refractivity contribution in [2.24, 2.45) is 0 Å². The Bertz CT molecular complexity index is 1040. The number of aryl methyl sites for hydroxylation is 2. The molecule has 2 unspecified atom stereocenters. The van der Waals surface area contributed by atoms with E-state index in [4.69, 9.17) is 12.2 Å². The Labute approximate surface area is 172 Å². The lowest BCUT2D eigenvalue weighted by atomic mass is 9.97. The first kappa shape index (κ1) is 18.7. The zero-order valence-corrected chi connectivity index (χ0v) is 17.8. The molecule has 2 aromatic heterocycles. The minimum absolute atomic E-state index is 0.0336. The number of thiocarbonyl (C=S) groups is 1. The second-order valence-electron chi connectivity index (χ2n) is 7.62. The molecule has 144 valence electrons. The van der Waals surface area contributed by atoms with E-state index in [0.29, 0.717) is 0 Å². The predicted octanol–water partition coefficient (Wildman–Crippen LogP) is 4.71. The van der Waals surface area contributed by atoms with Crippen LogP contribution in [0.3, 0.4) is 0 Å². The normalized spacial score (nSPS) is 19.2. The molecule has 1 aliphatic heterocycles. The maximum Gasteiger partial charge on any atom is 0.169 e. The molecule has 2 atom stereocenters. The van der Waals surface area contributed by atoms with E-state index < -0.39 is 0 Å². The fraction of sp³-hybridized carbons (Fsp3) is 0.304. The summed E-state index contributed by atoms with van der Waals surface area (Å²) in [5.74, 6) is 0. The molecule has 1 aliphatic rings. The lowest BCUT2D eigenvalue weighted by Crippen LogP contribution is -2.25. The molecular weight excluding hydrogens is 364 g/mol. The van der Waals surface area contributed by atoms with Crippen LogP contribution in [0.25, 0.3) is 5.69 Å². The van der Waals surface area contributed by atoms with Gasteiger partial charge in [0.25, 0.3) is 0 Å². The van der Waals surface area contributed by atoms with Crippen LogP contribution < -0.4 is 5.32 Å². The molecule has 0 radical (unpaired) electrons. The Morgan fingerprint density at radius 2 is 1.82 bits per heavy atom. The summed E-state index contributed by atoms with van der Waals surface area (Å²) < 4.78 is 2.36. The number of benzene rings is 1. The molecule has 1 N–H and O–H groups in total. The minimum atomic E-state index is 0.0336. The van der Waals surface area contributed by atoms with Crippen LogP contribution in [0.5, 0.6) is 0 Å². The van der Waals surface area contributed by atoms with Gasteiger partial charge in [-0.15, -0.1) is 0 Å². The number of nitrogens with one attached hydrogen (secondary N) is 1. The number of hydrogen-bond acceptors (Lipinski definition) is 2. The molecule has 5 heteroatoms. The number of likely N-dealkylation sites (N-methyl/N-ethyl adjacent to an activating group) is 1. The predicted molar refractivity (Wildman–Crippen MR) is 118 cm³/mol. The molecule has 0 amide bonds. The quantitative estimate of drug-likeness (QED) is 0.657. The molecule has 3 aromatic rings. The van der Waals surface area contributed by atoms with Gasteiger partial charge in [-0.1, -0.05) is 18.2 Å². The van der Waals surface area contributed by atoms with E-state index >= 15 is 0 Å². The van der Waals surface area contributed by atoms with Crippen LogP contribution in [0, 0.1) is 27.7 Å². The molecule has 1 fully saturated rings. The molecule has 3 heterocycles. The summed E-state index contributed by atoms with van der Waals surface area (Å²) >= 11 is 5.59. The average Bonchev–Trinajstić information content (AvgIpc) is 3.14. The second-order valence-corrected chi connectivity index (χ2v) is 8.01. The highest BCUT2D eigenvalue weighted by molar-refractivity contribution is 7.80. The summed E-state index contributed by atoms with van der Waals surface area (Å²) in [5.41, 5.74) is 8.62. The van der Waals surface area contributed by atoms with Gasteiger partial charge in [0, 0.05) is 30.3 Å². The van der Waals surface area contributed by atoms with Crippen molar-refractivity contribution in [2.75, 3.05) is 7.05 Å². The maximum absolute atomic E-state index is 5.59. The molecule has 1 saturated heterocycles. The monoisotopic (exact) mass is 390 g/mol. The van der Waals surface area contributed by atoms with E-state index in [1.165, 1.54) is 33.8 Å². The average molecular weight is 391 g/mol. The fourth-order valence-electron chi connectivity index (χ4n) is 4.28. The summed E-state index contributed by atoms with van der Waals surface area (Å²) in [5, 5.41) is 4.23. The molecule has 1 aromatic carbocycles. The Morgan fingerprint density at radius 1 is 1.04 bits per heavy atom. The number of rotatable bonds is 3. The summed E-state index contributed by atoms with van der Waals surface area (Å²) in [6, 6.07) is 15.0. The molecule has 4 rings (SSSR count). The van der Waals surface area contributed by atoms with Crippen LogP contribution in [0.15, 0.2) is 48.7 Å². The Balaban J connectivity index is 1.85. The fourth-order valence-corrected chi connectivity index (χ4v) is 4.52. The van der Waals surface area contributed by atoms with Gasteiger partial charge < -0.3 is 14.8 Å².